The predicted molar refractivity (Wildman–Crippen MR) is 108 cm³/mol. The second-order valence-corrected chi connectivity index (χ2v) is 7.11. The van der Waals surface area contributed by atoms with E-state index in [1.807, 2.05) is 58.0 Å². The van der Waals surface area contributed by atoms with Crippen LogP contribution >= 0.6 is 0 Å². The predicted octanol–water partition coefficient (Wildman–Crippen LogP) is 4.78. The molecule has 0 radical (unpaired) electrons. The molecule has 136 valence electrons. The number of nitrogens with two attached hydrogens (primary N) is 1. The number of H-pyrrole nitrogens is 1. The number of carbonyl (C=O) groups is 1. The molecule has 3 N–H and O–H groups in total. The van der Waals surface area contributed by atoms with Crippen LogP contribution in [0.5, 0.6) is 0 Å². The maximum absolute atomic E-state index is 13.0. The second kappa shape index (κ2) is 7.13. The maximum atomic E-state index is 13.0. The summed E-state index contributed by atoms with van der Waals surface area (Å²) < 4.78 is 0. The van der Waals surface area contributed by atoms with Crippen LogP contribution in [0.15, 0.2) is 42.5 Å². The molecule has 4 nitrogen and oxygen atoms in total. The molecule has 0 saturated carbocycles. The number of benzene rings is 2. The van der Waals surface area contributed by atoms with Crippen LogP contribution in [0.1, 0.15) is 62.4 Å². The SMILES string of the molecule is Cc1ccc(C(=O)c2[nH]c(C(C)c3ccc(N)cc3C#N)cc2C)c(C)c1. The fraction of sp³-hybridized carbons (Fsp3) is 0.217. The lowest BCUT2D eigenvalue weighted by molar-refractivity contribution is 0.103. The summed E-state index contributed by atoms with van der Waals surface area (Å²) in [6, 6.07) is 15.4. The number of carbonyl (C=O) groups excluding carboxylic acids is 1. The molecule has 0 aliphatic carbocycles. The molecule has 0 bridgehead atoms. The number of nitriles is 1. The molecule has 1 atom stereocenters. The van der Waals surface area contributed by atoms with Gasteiger partial charge in [-0.3, -0.25) is 4.79 Å². The van der Waals surface area contributed by atoms with Gasteiger partial charge in [0, 0.05) is 22.9 Å². The van der Waals surface area contributed by atoms with E-state index < -0.39 is 0 Å². The molecule has 1 unspecified atom stereocenters. The zero-order valence-corrected chi connectivity index (χ0v) is 16.1. The van der Waals surface area contributed by atoms with Gasteiger partial charge < -0.3 is 10.7 Å². The fourth-order valence-corrected chi connectivity index (χ4v) is 3.47. The number of rotatable bonds is 4. The van der Waals surface area contributed by atoms with Gasteiger partial charge in [0.15, 0.2) is 0 Å². The zero-order chi connectivity index (χ0) is 19.7. The average molecular weight is 357 g/mol. The highest BCUT2D eigenvalue weighted by atomic mass is 16.1. The Labute approximate surface area is 159 Å². The number of nitrogen functional groups attached to an aromatic ring is 1. The highest BCUT2D eigenvalue weighted by Crippen LogP contribution is 2.29. The largest absolute Gasteiger partial charge is 0.399 e. The summed E-state index contributed by atoms with van der Waals surface area (Å²) in [7, 11) is 0. The van der Waals surface area contributed by atoms with Crippen LogP contribution in [0, 0.1) is 32.1 Å². The Bertz CT molecular complexity index is 1070. The van der Waals surface area contributed by atoms with Crippen LogP contribution in [0.4, 0.5) is 5.69 Å². The third-order valence-corrected chi connectivity index (χ3v) is 5.02. The Kier molecular flexibility index (Phi) is 4.87. The van der Waals surface area contributed by atoms with Gasteiger partial charge in [-0.1, -0.05) is 36.8 Å². The molecular weight excluding hydrogens is 334 g/mol. The van der Waals surface area contributed by atoms with Crippen LogP contribution in [0.3, 0.4) is 0 Å². The molecule has 3 rings (SSSR count). The van der Waals surface area contributed by atoms with E-state index in [9.17, 15) is 10.1 Å². The number of anilines is 1. The number of aromatic nitrogens is 1. The van der Waals surface area contributed by atoms with E-state index >= 15 is 0 Å². The molecule has 0 aliphatic heterocycles. The van der Waals surface area contributed by atoms with Crippen molar-refractivity contribution in [3.63, 3.8) is 0 Å². The van der Waals surface area contributed by atoms with Crippen LogP contribution in [-0.4, -0.2) is 10.8 Å². The van der Waals surface area contributed by atoms with Gasteiger partial charge in [-0.25, -0.2) is 0 Å². The number of nitrogens with zero attached hydrogens (tertiary/aromatic N) is 1. The van der Waals surface area contributed by atoms with Crippen molar-refractivity contribution >= 4 is 11.5 Å². The minimum Gasteiger partial charge on any atom is -0.399 e. The van der Waals surface area contributed by atoms with Crippen LogP contribution in [-0.2, 0) is 0 Å². The number of nitrogens with one attached hydrogen (secondary N) is 1. The van der Waals surface area contributed by atoms with Gasteiger partial charge in [0.05, 0.1) is 17.3 Å². The van der Waals surface area contributed by atoms with Gasteiger partial charge in [-0.2, -0.15) is 5.26 Å². The smallest absolute Gasteiger partial charge is 0.209 e. The molecule has 0 amide bonds. The summed E-state index contributed by atoms with van der Waals surface area (Å²) >= 11 is 0. The first-order valence-electron chi connectivity index (χ1n) is 8.92. The first-order chi connectivity index (χ1) is 12.8. The maximum Gasteiger partial charge on any atom is 0.209 e. The van der Waals surface area contributed by atoms with Gasteiger partial charge in [0.25, 0.3) is 0 Å². The van der Waals surface area contributed by atoms with Crippen molar-refractivity contribution in [2.24, 2.45) is 0 Å². The Hall–Kier alpha value is -3.32. The van der Waals surface area contributed by atoms with Gasteiger partial charge in [0.2, 0.25) is 5.78 Å². The quantitative estimate of drug-likeness (QED) is 0.521. The summed E-state index contributed by atoms with van der Waals surface area (Å²) in [5.74, 6) is -0.0686. The molecule has 3 aromatic rings. The van der Waals surface area contributed by atoms with E-state index in [1.54, 1.807) is 12.1 Å². The van der Waals surface area contributed by atoms with Crippen molar-refractivity contribution in [3.05, 3.63) is 87.2 Å². The fourth-order valence-electron chi connectivity index (χ4n) is 3.47. The van der Waals surface area contributed by atoms with Crippen LogP contribution in [0.25, 0.3) is 0 Å². The van der Waals surface area contributed by atoms with Gasteiger partial charge >= 0.3 is 0 Å². The molecule has 0 saturated heterocycles. The summed E-state index contributed by atoms with van der Waals surface area (Å²) in [6.07, 6.45) is 0. The molecule has 4 heteroatoms. The van der Waals surface area contributed by atoms with Crippen molar-refractivity contribution in [1.29, 1.82) is 5.26 Å². The lowest BCUT2D eigenvalue weighted by Crippen LogP contribution is -2.07. The Morgan fingerprint density at radius 1 is 1.07 bits per heavy atom. The van der Waals surface area contributed by atoms with Crippen molar-refractivity contribution in [3.8, 4) is 6.07 Å². The van der Waals surface area contributed by atoms with Crippen molar-refractivity contribution in [2.45, 2.75) is 33.6 Å². The lowest BCUT2D eigenvalue weighted by atomic mass is 9.93. The third-order valence-electron chi connectivity index (χ3n) is 5.02. The first kappa shape index (κ1) is 18.5. The minimum atomic E-state index is -0.0559. The van der Waals surface area contributed by atoms with Gasteiger partial charge in [-0.05, 0) is 55.7 Å². The molecule has 2 aromatic carbocycles. The Balaban J connectivity index is 1.99. The molecule has 1 heterocycles. The van der Waals surface area contributed by atoms with Crippen molar-refractivity contribution in [2.75, 3.05) is 5.73 Å². The summed E-state index contributed by atoms with van der Waals surface area (Å²) in [6.45, 7) is 7.91. The first-order valence-corrected chi connectivity index (χ1v) is 8.92. The highest BCUT2D eigenvalue weighted by Gasteiger charge is 2.21. The third kappa shape index (κ3) is 3.50. The second-order valence-electron chi connectivity index (χ2n) is 7.11. The molecule has 0 fully saturated rings. The van der Waals surface area contributed by atoms with E-state index in [0.29, 0.717) is 22.5 Å². The lowest BCUT2D eigenvalue weighted by Gasteiger charge is -2.13. The minimum absolute atomic E-state index is 0.0127. The van der Waals surface area contributed by atoms with Crippen LogP contribution < -0.4 is 5.73 Å². The van der Waals surface area contributed by atoms with E-state index in [-0.39, 0.29) is 11.7 Å². The van der Waals surface area contributed by atoms with Gasteiger partial charge in [0.1, 0.15) is 0 Å². The van der Waals surface area contributed by atoms with Crippen molar-refractivity contribution < 1.29 is 4.79 Å². The standard InChI is InChI=1S/C23H23N3O/c1-13-5-7-19(14(2)9-13)23(27)22-15(3)10-21(26-22)16(4)20-8-6-18(25)11-17(20)12-24/h5-11,16,26H,25H2,1-4H3. The Morgan fingerprint density at radius 2 is 1.81 bits per heavy atom. The molecule has 27 heavy (non-hydrogen) atoms. The van der Waals surface area contributed by atoms with Crippen molar-refractivity contribution in [1.82, 2.24) is 4.98 Å². The number of aryl methyl sites for hydroxylation is 3. The van der Waals surface area contributed by atoms with E-state index in [0.717, 1.165) is 27.9 Å². The highest BCUT2D eigenvalue weighted by molar-refractivity contribution is 6.09. The zero-order valence-electron chi connectivity index (χ0n) is 16.1. The van der Waals surface area contributed by atoms with E-state index in [4.69, 9.17) is 5.73 Å². The van der Waals surface area contributed by atoms with Crippen LogP contribution in [0.2, 0.25) is 0 Å². The summed E-state index contributed by atoms with van der Waals surface area (Å²) in [5, 5.41) is 9.42. The average Bonchev–Trinajstić information content (AvgIpc) is 3.02. The molecular formula is C23H23N3O. The topological polar surface area (TPSA) is 82.7 Å². The number of aromatic amines is 1. The Morgan fingerprint density at radius 3 is 2.48 bits per heavy atom. The molecule has 1 aromatic heterocycles. The van der Waals surface area contributed by atoms with E-state index in [2.05, 4.69) is 11.1 Å². The summed E-state index contributed by atoms with van der Waals surface area (Å²) in [5.41, 5.74) is 13.0. The summed E-state index contributed by atoms with van der Waals surface area (Å²) in [4.78, 5) is 16.3. The number of ketones is 1. The van der Waals surface area contributed by atoms with E-state index in [1.165, 1.54) is 0 Å². The molecule has 0 spiro atoms. The van der Waals surface area contributed by atoms with Gasteiger partial charge in [-0.15, -0.1) is 0 Å². The molecule has 0 aliphatic rings. The normalized spacial score (nSPS) is 11.8. The monoisotopic (exact) mass is 357 g/mol. The number of hydrogen-bond acceptors (Lipinski definition) is 3. The number of hydrogen-bond donors (Lipinski definition) is 2.